The summed E-state index contributed by atoms with van der Waals surface area (Å²) in [7, 11) is 0. The first-order valence-electron chi connectivity index (χ1n) is 3.76. The summed E-state index contributed by atoms with van der Waals surface area (Å²) in [5.74, 6) is -0.196. The Bertz CT molecular complexity index is 519. The van der Waals surface area contributed by atoms with Crippen LogP contribution in [0.5, 0.6) is 0 Å². The van der Waals surface area contributed by atoms with Crippen LogP contribution in [0, 0.1) is 0 Å². The Hall–Kier alpha value is -1.31. The van der Waals surface area contributed by atoms with E-state index in [-0.39, 0.29) is 16.1 Å². The Labute approximate surface area is 90.0 Å². The molecule has 0 aliphatic rings. The zero-order chi connectivity index (χ0) is 11.2. The first kappa shape index (κ1) is 10.2. The van der Waals surface area contributed by atoms with Crippen molar-refractivity contribution in [3.63, 3.8) is 0 Å². The lowest BCUT2D eigenvalue weighted by atomic mass is 10.2. The van der Waals surface area contributed by atoms with Crippen molar-refractivity contribution in [1.29, 1.82) is 0 Å². The molecule has 0 aliphatic heterocycles. The number of pyridine rings is 1. The second-order valence-corrected chi connectivity index (χ2v) is 3.72. The molecule has 8 heteroatoms. The lowest BCUT2D eigenvalue weighted by molar-refractivity contribution is -0.136. The van der Waals surface area contributed by atoms with Gasteiger partial charge in [-0.3, -0.25) is 0 Å². The van der Waals surface area contributed by atoms with Gasteiger partial charge in [0, 0.05) is 10.7 Å². The van der Waals surface area contributed by atoms with Crippen LogP contribution in [-0.2, 0) is 6.18 Å². The van der Waals surface area contributed by atoms with Gasteiger partial charge in [-0.1, -0.05) is 0 Å². The summed E-state index contributed by atoms with van der Waals surface area (Å²) in [6.07, 6.45) is -3.13. The van der Waals surface area contributed by atoms with E-state index in [9.17, 15) is 13.2 Å². The highest BCUT2D eigenvalue weighted by atomic mass is 79.9. The minimum absolute atomic E-state index is 0.196. The molecule has 0 bridgehead atoms. The molecule has 0 fully saturated rings. The van der Waals surface area contributed by atoms with Crippen LogP contribution in [0.1, 0.15) is 5.56 Å². The predicted molar refractivity (Wildman–Crippen MR) is 50.1 cm³/mol. The van der Waals surface area contributed by atoms with E-state index in [4.69, 9.17) is 5.73 Å². The number of nitrogen functional groups attached to an aromatic ring is 1. The van der Waals surface area contributed by atoms with E-state index in [1.165, 1.54) is 6.20 Å². The van der Waals surface area contributed by atoms with Gasteiger partial charge >= 0.3 is 6.18 Å². The third kappa shape index (κ3) is 1.76. The molecular weight excluding hydrogens is 277 g/mol. The third-order valence-electron chi connectivity index (χ3n) is 1.72. The Balaban J connectivity index is 2.82. The number of fused-ring (bicyclic) bond motifs is 1. The Morgan fingerprint density at radius 1 is 1.40 bits per heavy atom. The van der Waals surface area contributed by atoms with Gasteiger partial charge in [0.1, 0.15) is 5.56 Å². The molecule has 80 valence electrons. The molecule has 0 unspecified atom stereocenters. The molecule has 0 spiro atoms. The molecule has 2 heterocycles. The van der Waals surface area contributed by atoms with Crippen molar-refractivity contribution >= 4 is 27.5 Å². The van der Waals surface area contributed by atoms with E-state index in [1.807, 2.05) is 0 Å². The van der Waals surface area contributed by atoms with Gasteiger partial charge in [-0.2, -0.15) is 18.2 Å². The van der Waals surface area contributed by atoms with Crippen molar-refractivity contribution in [2.45, 2.75) is 6.18 Å². The van der Waals surface area contributed by atoms with Gasteiger partial charge in [-0.25, -0.2) is 4.52 Å². The normalized spacial score (nSPS) is 12.3. The fraction of sp³-hybridized carbons (Fsp3) is 0.143. The molecule has 0 saturated heterocycles. The van der Waals surface area contributed by atoms with Crippen molar-refractivity contribution in [1.82, 2.24) is 14.6 Å². The number of anilines is 1. The van der Waals surface area contributed by atoms with E-state index in [2.05, 4.69) is 26.0 Å². The van der Waals surface area contributed by atoms with Gasteiger partial charge in [0.25, 0.3) is 0 Å². The predicted octanol–water partition coefficient (Wildman–Crippen LogP) is 2.09. The number of halogens is 4. The molecule has 2 rings (SSSR count). The summed E-state index contributed by atoms with van der Waals surface area (Å²) in [5, 5.41) is 3.60. The molecule has 0 aromatic carbocycles. The Morgan fingerprint density at radius 2 is 2.07 bits per heavy atom. The Morgan fingerprint density at radius 3 is 2.67 bits per heavy atom. The van der Waals surface area contributed by atoms with Crippen LogP contribution in [0.15, 0.2) is 16.7 Å². The standard InChI is InChI=1S/C7H4BrF3N4/c8-3-1-4(7(9,10)11)5-13-6(12)14-15(5)2-3/h1-2H,(H2,12,14). The largest absolute Gasteiger partial charge is 0.420 e. The monoisotopic (exact) mass is 280 g/mol. The molecule has 4 nitrogen and oxygen atoms in total. The average Bonchev–Trinajstić information content (AvgIpc) is 2.41. The number of rotatable bonds is 0. The smallest absolute Gasteiger partial charge is 0.366 e. The van der Waals surface area contributed by atoms with Gasteiger partial charge < -0.3 is 5.73 Å². The van der Waals surface area contributed by atoms with Crippen LogP contribution in [0.25, 0.3) is 5.65 Å². The molecular formula is C7H4BrF3N4. The van der Waals surface area contributed by atoms with Gasteiger partial charge in [-0.15, -0.1) is 5.10 Å². The first-order valence-corrected chi connectivity index (χ1v) is 4.56. The SMILES string of the molecule is Nc1nc2c(C(F)(F)F)cc(Br)cn2n1. The fourth-order valence-corrected chi connectivity index (χ4v) is 1.60. The van der Waals surface area contributed by atoms with E-state index in [1.54, 1.807) is 0 Å². The van der Waals surface area contributed by atoms with Crippen LogP contribution in [0.4, 0.5) is 19.1 Å². The summed E-state index contributed by atoms with van der Waals surface area (Å²) >= 11 is 2.96. The number of aromatic nitrogens is 3. The van der Waals surface area contributed by atoms with E-state index >= 15 is 0 Å². The maximum Gasteiger partial charge on any atom is 0.420 e. The topological polar surface area (TPSA) is 56.2 Å². The first-order chi connectivity index (χ1) is 6.88. The minimum atomic E-state index is -4.48. The van der Waals surface area contributed by atoms with E-state index in [0.29, 0.717) is 0 Å². The molecule has 15 heavy (non-hydrogen) atoms. The lowest BCUT2D eigenvalue weighted by Crippen LogP contribution is -2.08. The molecule has 0 atom stereocenters. The fourth-order valence-electron chi connectivity index (χ4n) is 1.18. The van der Waals surface area contributed by atoms with Crippen molar-refractivity contribution < 1.29 is 13.2 Å². The summed E-state index contributed by atoms with van der Waals surface area (Å²) in [6, 6.07) is 0.934. The van der Waals surface area contributed by atoms with Crippen molar-refractivity contribution in [2.24, 2.45) is 0 Å². The molecule has 2 N–H and O–H groups in total. The van der Waals surface area contributed by atoms with Crippen LogP contribution >= 0.6 is 15.9 Å². The number of nitrogens with zero attached hydrogens (tertiary/aromatic N) is 3. The number of hydrogen-bond donors (Lipinski definition) is 1. The quantitative estimate of drug-likeness (QED) is 0.804. The van der Waals surface area contributed by atoms with Gasteiger partial charge in [0.15, 0.2) is 5.65 Å². The maximum absolute atomic E-state index is 12.6. The molecule has 0 radical (unpaired) electrons. The molecule has 2 aromatic heterocycles. The van der Waals surface area contributed by atoms with Crippen LogP contribution < -0.4 is 5.73 Å². The number of alkyl halides is 3. The van der Waals surface area contributed by atoms with Crippen LogP contribution in [-0.4, -0.2) is 14.6 Å². The second-order valence-electron chi connectivity index (χ2n) is 2.81. The average molecular weight is 281 g/mol. The molecule has 2 aromatic rings. The zero-order valence-corrected chi connectivity index (χ0v) is 8.67. The van der Waals surface area contributed by atoms with E-state index < -0.39 is 11.7 Å². The third-order valence-corrected chi connectivity index (χ3v) is 2.16. The van der Waals surface area contributed by atoms with Gasteiger partial charge in [0.2, 0.25) is 5.95 Å². The zero-order valence-electron chi connectivity index (χ0n) is 7.09. The van der Waals surface area contributed by atoms with Crippen LogP contribution in [0.3, 0.4) is 0 Å². The molecule has 0 amide bonds. The Kier molecular flexibility index (Phi) is 2.10. The second kappa shape index (κ2) is 3.09. The number of nitrogens with two attached hydrogens (primary N) is 1. The van der Waals surface area contributed by atoms with E-state index in [0.717, 1.165) is 10.6 Å². The maximum atomic E-state index is 12.6. The van der Waals surface area contributed by atoms with Crippen molar-refractivity contribution in [3.8, 4) is 0 Å². The van der Waals surface area contributed by atoms with Crippen LogP contribution in [0.2, 0.25) is 0 Å². The van der Waals surface area contributed by atoms with Gasteiger partial charge in [-0.05, 0) is 22.0 Å². The van der Waals surface area contributed by atoms with Crippen molar-refractivity contribution in [2.75, 3.05) is 5.73 Å². The highest BCUT2D eigenvalue weighted by Gasteiger charge is 2.34. The van der Waals surface area contributed by atoms with Crippen molar-refractivity contribution in [3.05, 3.63) is 22.3 Å². The molecule has 0 saturated carbocycles. The summed E-state index contributed by atoms with van der Waals surface area (Å²) in [4.78, 5) is 3.51. The molecule has 0 aliphatic carbocycles. The minimum Gasteiger partial charge on any atom is -0.366 e. The number of hydrogen-bond acceptors (Lipinski definition) is 3. The highest BCUT2D eigenvalue weighted by molar-refractivity contribution is 9.10. The summed E-state index contributed by atoms with van der Waals surface area (Å²) in [5.41, 5.74) is 4.05. The summed E-state index contributed by atoms with van der Waals surface area (Å²) < 4.78 is 38.9. The van der Waals surface area contributed by atoms with Gasteiger partial charge in [0.05, 0.1) is 0 Å². The lowest BCUT2D eigenvalue weighted by Gasteiger charge is -2.07. The summed E-state index contributed by atoms with van der Waals surface area (Å²) in [6.45, 7) is 0. The highest BCUT2D eigenvalue weighted by Crippen LogP contribution is 2.33.